The molecule has 0 aliphatic carbocycles. The number of methoxy groups -OCH3 is 1. The van der Waals surface area contributed by atoms with Crippen LogP contribution >= 0.6 is 11.3 Å². The molecule has 0 radical (unpaired) electrons. The van der Waals surface area contributed by atoms with E-state index in [0.717, 1.165) is 29.4 Å². The summed E-state index contributed by atoms with van der Waals surface area (Å²) in [7, 11) is 1.63. The van der Waals surface area contributed by atoms with E-state index in [4.69, 9.17) is 9.47 Å². The third-order valence-corrected chi connectivity index (χ3v) is 5.84. The van der Waals surface area contributed by atoms with Crippen LogP contribution in [-0.4, -0.2) is 63.3 Å². The highest BCUT2D eigenvalue weighted by atomic mass is 32.1. The normalized spacial score (nSPS) is 14.5. The van der Waals surface area contributed by atoms with Crippen LogP contribution in [0.25, 0.3) is 0 Å². The summed E-state index contributed by atoms with van der Waals surface area (Å²) in [5, 5.41) is 2.02. The average Bonchev–Trinajstić information content (AvgIpc) is 3.26. The second-order valence-electron chi connectivity index (χ2n) is 6.87. The van der Waals surface area contributed by atoms with Gasteiger partial charge in [-0.25, -0.2) is 4.79 Å². The molecule has 1 aromatic carbocycles. The summed E-state index contributed by atoms with van der Waals surface area (Å²) in [6.45, 7) is 5.81. The molecular weight excluding hydrogens is 390 g/mol. The van der Waals surface area contributed by atoms with Crippen LogP contribution in [0.1, 0.15) is 11.8 Å². The van der Waals surface area contributed by atoms with Crippen molar-refractivity contribution < 1.29 is 24.0 Å². The number of amides is 2. The van der Waals surface area contributed by atoms with Gasteiger partial charge in [0.1, 0.15) is 5.75 Å². The maximum absolute atomic E-state index is 13.2. The molecule has 0 saturated carbocycles. The van der Waals surface area contributed by atoms with E-state index < -0.39 is 0 Å². The van der Waals surface area contributed by atoms with Gasteiger partial charge >= 0.3 is 6.09 Å². The van der Waals surface area contributed by atoms with Gasteiger partial charge in [0.15, 0.2) is 6.54 Å². The molecule has 2 heterocycles. The van der Waals surface area contributed by atoms with Crippen LogP contribution in [0.3, 0.4) is 0 Å². The molecular formula is C21H28N3O4S+. The summed E-state index contributed by atoms with van der Waals surface area (Å²) in [4.78, 5) is 30.9. The van der Waals surface area contributed by atoms with Gasteiger partial charge in [0.05, 0.1) is 46.4 Å². The van der Waals surface area contributed by atoms with Crippen molar-refractivity contribution in [3.05, 3.63) is 46.7 Å². The molecule has 1 fully saturated rings. The van der Waals surface area contributed by atoms with Crippen molar-refractivity contribution in [1.82, 2.24) is 4.90 Å². The van der Waals surface area contributed by atoms with Gasteiger partial charge in [-0.2, -0.15) is 0 Å². The van der Waals surface area contributed by atoms with Crippen molar-refractivity contribution >= 4 is 29.0 Å². The molecule has 1 aliphatic rings. The number of carbonyl (C=O) groups excluding carboxylic acids is 2. The van der Waals surface area contributed by atoms with E-state index in [1.54, 1.807) is 30.3 Å². The first-order valence-electron chi connectivity index (χ1n) is 9.82. The van der Waals surface area contributed by atoms with Gasteiger partial charge in [-0.05, 0) is 42.6 Å². The zero-order chi connectivity index (χ0) is 20.6. The maximum atomic E-state index is 13.2. The van der Waals surface area contributed by atoms with Crippen molar-refractivity contribution in [2.45, 2.75) is 13.5 Å². The molecule has 1 saturated heterocycles. The first-order chi connectivity index (χ1) is 14.1. The van der Waals surface area contributed by atoms with Crippen molar-refractivity contribution in [1.29, 1.82) is 0 Å². The highest BCUT2D eigenvalue weighted by Gasteiger charge is 2.28. The van der Waals surface area contributed by atoms with Crippen LogP contribution in [0.5, 0.6) is 5.75 Å². The van der Waals surface area contributed by atoms with E-state index in [0.29, 0.717) is 32.8 Å². The minimum atomic E-state index is -0.268. The molecule has 2 amide bonds. The molecule has 3 rings (SSSR count). The molecule has 1 aromatic heterocycles. The Balaban J connectivity index is 1.64. The van der Waals surface area contributed by atoms with Crippen LogP contribution in [0.2, 0.25) is 0 Å². The number of benzene rings is 1. The van der Waals surface area contributed by atoms with Gasteiger partial charge in [0, 0.05) is 10.6 Å². The lowest BCUT2D eigenvalue weighted by Gasteiger charge is -2.32. The molecule has 0 atom stereocenters. The number of rotatable bonds is 7. The fraction of sp³-hybridized carbons (Fsp3) is 0.429. The maximum Gasteiger partial charge on any atom is 0.410 e. The molecule has 2 aromatic rings. The quantitative estimate of drug-likeness (QED) is 0.743. The van der Waals surface area contributed by atoms with Gasteiger partial charge in [0.25, 0.3) is 5.91 Å². The molecule has 29 heavy (non-hydrogen) atoms. The largest absolute Gasteiger partial charge is 0.497 e. The molecule has 8 heteroatoms. The molecule has 1 aliphatic heterocycles. The molecule has 0 unspecified atom stereocenters. The Morgan fingerprint density at radius 2 is 1.90 bits per heavy atom. The number of ether oxygens (including phenoxy) is 2. The lowest BCUT2D eigenvalue weighted by Crippen LogP contribution is -3.15. The Morgan fingerprint density at radius 1 is 1.17 bits per heavy atom. The summed E-state index contributed by atoms with van der Waals surface area (Å²) in [5.74, 6) is 0.834. The van der Waals surface area contributed by atoms with E-state index in [1.165, 1.54) is 4.90 Å². The molecule has 1 N–H and O–H groups in total. The third-order valence-electron chi connectivity index (χ3n) is 4.98. The predicted molar refractivity (Wildman–Crippen MR) is 113 cm³/mol. The topological polar surface area (TPSA) is 63.5 Å². The van der Waals surface area contributed by atoms with Crippen LogP contribution in [0, 0.1) is 0 Å². The number of thiophene rings is 1. The van der Waals surface area contributed by atoms with E-state index in [-0.39, 0.29) is 12.0 Å². The van der Waals surface area contributed by atoms with E-state index in [2.05, 4.69) is 0 Å². The number of piperazine rings is 1. The Labute approximate surface area is 175 Å². The van der Waals surface area contributed by atoms with Crippen LogP contribution in [0.4, 0.5) is 10.5 Å². The zero-order valence-electron chi connectivity index (χ0n) is 16.9. The number of carbonyl (C=O) groups is 2. The molecule has 0 bridgehead atoms. The first kappa shape index (κ1) is 21.1. The van der Waals surface area contributed by atoms with Gasteiger partial charge in [-0.15, -0.1) is 11.3 Å². The molecule has 0 spiro atoms. The highest BCUT2D eigenvalue weighted by Crippen LogP contribution is 2.22. The van der Waals surface area contributed by atoms with Gasteiger partial charge in [-0.1, -0.05) is 6.07 Å². The van der Waals surface area contributed by atoms with Crippen molar-refractivity contribution in [3.63, 3.8) is 0 Å². The SMILES string of the molecule is CCOC(=O)N1CC[NH+](CC(=O)N(Cc2cccs2)c2ccc(OC)cc2)CC1. The Morgan fingerprint density at radius 3 is 2.48 bits per heavy atom. The fourth-order valence-corrected chi connectivity index (χ4v) is 4.04. The van der Waals surface area contributed by atoms with Crippen LogP contribution in [-0.2, 0) is 16.1 Å². The summed E-state index contributed by atoms with van der Waals surface area (Å²) >= 11 is 1.64. The van der Waals surface area contributed by atoms with Crippen molar-refractivity contribution in [2.75, 3.05) is 51.3 Å². The lowest BCUT2D eigenvalue weighted by atomic mass is 10.2. The average molecular weight is 419 g/mol. The predicted octanol–water partition coefficient (Wildman–Crippen LogP) is 1.65. The minimum absolute atomic E-state index is 0.0724. The summed E-state index contributed by atoms with van der Waals surface area (Å²) in [6, 6.07) is 11.6. The highest BCUT2D eigenvalue weighted by molar-refractivity contribution is 7.09. The lowest BCUT2D eigenvalue weighted by molar-refractivity contribution is -0.895. The number of quaternary nitrogens is 1. The monoisotopic (exact) mass is 418 g/mol. The number of nitrogens with one attached hydrogen (secondary N) is 1. The standard InChI is InChI=1S/C21H27N3O4S/c1-3-28-21(26)23-12-10-22(11-13-23)16-20(25)24(15-19-5-4-14-29-19)17-6-8-18(27-2)9-7-17/h4-9,14H,3,10-13,15-16H2,1-2H3/p+1. The van der Waals surface area contributed by atoms with E-state index in [1.807, 2.05) is 46.7 Å². The fourth-order valence-electron chi connectivity index (χ4n) is 3.35. The smallest absolute Gasteiger partial charge is 0.410 e. The Hall–Kier alpha value is -2.58. The molecule has 7 nitrogen and oxygen atoms in total. The van der Waals surface area contributed by atoms with E-state index in [9.17, 15) is 9.59 Å². The Kier molecular flexibility index (Phi) is 7.48. The number of hydrogen-bond acceptors (Lipinski definition) is 5. The summed E-state index contributed by atoms with van der Waals surface area (Å²) < 4.78 is 10.3. The Bertz CT molecular complexity index is 787. The van der Waals surface area contributed by atoms with E-state index >= 15 is 0 Å². The number of nitrogens with zero attached hydrogens (tertiary/aromatic N) is 2. The van der Waals surface area contributed by atoms with Gasteiger partial charge < -0.3 is 19.3 Å². The van der Waals surface area contributed by atoms with Gasteiger partial charge in [0.2, 0.25) is 0 Å². The first-order valence-corrected chi connectivity index (χ1v) is 10.7. The second-order valence-corrected chi connectivity index (χ2v) is 7.90. The number of hydrogen-bond donors (Lipinski definition) is 1. The summed E-state index contributed by atoms with van der Waals surface area (Å²) in [5.41, 5.74) is 0.855. The van der Waals surface area contributed by atoms with Crippen molar-refractivity contribution in [2.24, 2.45) is 0 Å². The minimum Gasteiger partial charge on any atom is -0.497 e. The van der Waals surface area contributed by atoms with Crippen LogP contribution < -0.4 is 14.5 Å². The van der Waals surface area contributed by atoms with Crippen LogP contribution in [0.15, 0.2) is 41.8 Å². The number of anilines is 1. The third kappa shape index (κ3) is 5.71. The zero-order valence-corrected chi connectivity index (χ0v) is 17.7. The second kappa shape index (κ2) is 10.3. The molecule has 156 valence electrons. The van der Waals surface area contributed by atoms with Gasteiger partial charge in [-0.3, -0.25) is 9.69 Å². The van der Waals surface area contributed by atoms with Crippen molar-refractivity contribution in [3.8, 4) is 5.75 Å². The summed E-state index contributed by atoms with van der Waals surface area (Å²) in [6.07, 6.45) is -0.268.